The molecular formula is C15H22N2O3. The average molecular weight is 278 g/mol. The number of hydrogen-bond donors (Lipinski definition) is 2. The third-order valence-electron chi connectivity index (χ3n) is 2.80. The maximum absolute atomic E-state index is 11.9. The Morgan fingerprint density at radius 3 is 2.50 bits per heavy atom. The number of benzene rings is 1. The van der Waals surface area contributed by atoms with E-state index in [1.165, 1.54) is 0 Å². The first-order valence-electron chi connectivity index (χ1n) is 6.79. The molecule has 0 heterocycles. The first-order chi connectivity index (χ1) is 9.52. The van der Waals surface area contributed by atoms with Crippen molar-refractivity contribution in [2.75, 3.05) is 18.5 Å². The second kappa shape index (κ2) is 8.32. The second-order valence-corrected chi connectivity index (χ2v) is 4.59. The summed E-state index contributed by atoms with van der Waals surface area (Å²) in [5.41, 5.74) is 1.91. The minimum absolute atomic E-state index is 0.127. The van der Waals surface area contributed by atoms with E-state index in [1.54, 1.807) is 13.8 Å². The summed E-state index contributed by atoms with van der Waals surface area (Å²) in [7, 11) is 0. The number of nitrogens with one attached hydrogen (secondary N) is 2. The molecule has 20 heavy (non-hydrogen) atoms. The Bertz CT molecular complexity index is 443. The van der Waals surface area contributed by atoms with Gasteiger partial charge in [-0.2, -0.15) is 0 Å². The zero-order chi connectivity index (χ0) is 15.0. The maximum atomic E-state index is 11.9. The highest BCUT2D eigenvalue weighted by Crippen LogP contribution is 2.08. The molecule has 0 radical (unpaired) electrons. The highest BCUT2D eigenvalue weighted by atomic mass is 16.5. The molecule has 1 aromatic rings. The number of hydrogen-bond acceptors (Lipinski definition) is 4. The van der Waals surface area contributed by atoms with E-state index in [-0.39, 0.29) is 24.3 Å². The van der Waals surface area contributed by atoms with Crippen molar-refractivity contribution < 1.29 is 14.3 Å². The summed E-state index contributed by atoms with van der Waals surface area (Å²) >= 11 is 0. The standard InChI is InChI=1S/C15H22N2O3/c1-4-20-14(18)9-10-16-12(3)15(19)17-13-7-5-11(2)6-8-13/h5-8,12,16H,4,9-10H2,1-3H3,(H,17,19). The molecule has 0 aliphatic heterocycles. The SMILES string of the molecule is CCOC(=O)CCNC(C)C(=O)Nc1ccc(C)cc1. The van der Waals surface area contributed by atoms with Gasteiger partial charge in [-0.25, -0.2) is 0 Å². The average Bonchev–Trinajstić information content (AvgIpc) is 2.41. The van der Waals surface area contributed by atoms with E-state index >= 15 is 0 Å². The van der Waals surface area contributed by atoms with Crippen molar-refractivity contribution in [1.29, 1.82) is 0 Å². The molecule has 1 aromatic carbocycles. The number of carbonyl (C=O) groups is 2. The predicted molar refractivity (Wildman–Crippen MR) is 78.5 cm³/mol. The Labute approximate surface area is 119 Å². The Balaban J connectivity index is 2.32. The second-order valence-electron chi connectivity index (χ2n) is 4.59. The van der Waals surface area contributed by atoms with Crippen LogP contribution in [0.4, 0.5) is 5.69 Å². The molecule has 0 aliphatic rings. The van der Waals surface area contributed by atoms with Gasteiger partial charge in [0.05, 0.1) is 19.1 Å². The van der Waals surface area contributed by atoms with Crippen LogP contribution in [0.2, 0.25) is 0 Å². The zero-order valence-corrected chi connectivity index (χ0v) is 12.2. The lowest BCUT2D eigenvalue weighted by Crippen LogP contribution is -2.39. The molecule has 5 heteroatoms. The summed E-state index contributed by atoms with van der Waals surface area (Å²) in [6.07, 6.45) is 0.260. The van der Waals surface area contributed by atoms with Gasteiger partial charge in [-0.1, -0.05) is 17.7 Å². The molecule has 0 fully saturated rings. The zero-order valence-electron chi connectivity index (χ0n) is 12.2. The summed E-state index contributed by atoms with van der Waals surface area (Å²) in [4.78, 5) is 23.1. The van der Waals surface area contributed by atoms with Crippen molar-refractivity contribution in [2.45, 2.75) is 33.2 Å². The molecule has 0 aliphatic carbocycles. The normalized spacial score (nSPS) is 11.8. The fraction of sp³-hybridized carbons (Fsp3) is 0.467. The molecule has 0 aromatic heterocycles. The van der Waals surface area contributed by atoms with Crippen LogP contribution in [-0.2, 0) is 14.3 Å². The monoisotopic (exact) mass is 278 g/mol. The van der Waals surface area contributed by atoms with E-state index < -0.39 is 0 Å². The van der Waals surface area contributed by atoms with Crippen LogP contribution in [0.3, 0.4) is 0 Å². The summed E-state index contributed by atoms with van der Waals surface area (Å²) in [5, 5.41) is 5.81. The minimum atomic E-state index is -0.370. The predicted octanol–water partition coefficient (Wildman–Crippen LogP) is 1.86. The highest BCUT2D eigenvalue weighted by molar-refractivity contribution is 5.94. The van der Waals surface area contributed by atoms with Crippen LogP contribution in [0.1, 0.15) is 25.8 Å². The van der Waals surface area contributed by atoms with E-state index in [9.17, 15) is 9.59 Å². The quantitative estimate of drug-likeness (QED) is 0.747. The lowest BCUT2D eigenvalue weighted by Gasteiger charge is -2.14. The molecule has 5 nitrogen and oxygen atoms in total. The molecule has 2 N–H and O–H groups in total. The van der Waals surface area contributed by atoms with Gasteiger partial charge >= 0.3 is 5.97 Å². The van der Waals surface area contributed by atoms with E-state index in [1.807, 2.05) is 31.2 Å². The molecule has 0 saturated heterocycles. The van der Waals surface area contributed by atoms with Crippen molar-refractivity contribution in [3.63, 3.8) is 0 Å². The van der Waals surface area contributed by atoms with Crippen molar-refractivity contribution in [1.82, 2.24) is 5.32 Å². The van der Waals surface area contributed by atoms with Gasteiger partial charge in [0.1, 0.15) is 0 Å². The van der Waals surface area contributed by atoms with Gasteiger partial charge < -0.3 is 15.4 Å². The Kier molecular flexibility index (Phi) is 6.73. The third kappa shape index (κ3) is 5.84. The molecule has 1 unspecified atom stereocenters. The van der Waals surface area contributed by atoms with Gasteiger partial charge in [-0.15, -0.1) is 0 Å². The smallest absolute Gasteiger partial charge is 0.307 e. The Morgan fingerprint density at radius 2 is 1.90 bits per heavy atom. The van der Waals surface area contributed by atoms with Gasteiger partial charge in [-0.3, -0.25) is 9.59 Å². The van der Waals surface area contributed by atoms with Crippen LogP contribution in [0.25, 0.3) is 0 Å². The Hall–Kier alpha value is -1.88. The minimum Gasteiger partial charge on any atom is -0.466 e. The first-order valence-corrected chi connectivity index (χ1v) is 6.79. The molecule has 1 atom stereocenters. The molecule has 1 rings (SSSR count). The van der Waals surface area contributed by atoms with Crippen molar-refractivity contribution in [2.24, 2.45) is 0 Å². The van der Waals surface area contributed by atoms with Gasteiger partial charge in [0.15, 0.2) is 0 Å². The Morgan fingerprint density at radius 1 is 1.25 bits per heavy atom. The number of rotatable bonds is 7. The summed E-state index contributed by atoms with van der Waals surface area (Å²) in [6.45, 7) is 6.31. The molecule has 0 saturated carbocycles. The highest BCUT2D eigenvalue weighted by Gasteiger charge is 2.12. The van der Waals surface area contributed by atoms with Crippen molar-refractivity contribution in [3.05, 3.63) is 29.8 Å². The molecule has 1 amide bonds. The topological polar surface area (TPSA) is 67.4 Å². The van der Waals surface area contributed by atoms with Crippen molar-refractivity contribution >= 4 is 17.6 Å². The van der Waals surface area contributed by atoms with Crippen LogP contribution in [-0.4, -0.2) is 31.1 Å². The van der Waals surface area contributed by atoms with Crippen LogP contribution in [0, 0.1) is 6.92 Å². The van der Waals surface area contributed by atoms with Gasteiger partial charge in [-0.05, 0) is 32.9 Å². The molecule has 0 bridgehead atoms. The summed E-state index contributed by atoms with van der Waals surface area (Å²) < 4.78 is 4.81. The maximum Gasteiger partial charge on any atom is 0.307 e. The van der Waals surface area contributed by atoms with E-state index in [0.717, 1.165) is 11.3 Å². The fourth-order valence-electron chi connectivity index (χ4n) is 1.60. The third-order valence-corrected chi connectivity index (χ3v) is 2.80. The molecule has 110 valence electrons. The van der Waals surface area contributed by atoms with E-state index in [2.05, 4.69) is 10.6 Å². The number of carbonyl (C=O) groups excluding carboxylic acids is 2. The van der Waals surface area contributed by atoms with Crippen LogP contribution in [0.5, 0.6) is 0 Å². The van der Waals surface area contributed by atoms with Gasteiger partial charge in [0, 0.05) is 12.2 Å². The van der Waals surface area contributed by atoms with E-state index in [4.69, 9.17) is 4.74 Å². The summed E-state index contributed by atoms with van der Waals surface area (Å²) in [6, 6.07) is 7.23. The fourth-order valence-corrected chi connectivity index (χ4v) is 1.60. The van der Waals surface area contributed by atoms with Gasteiger partial charge in [0.25, 0.3) is 0 Å². The molecule has 0 spiro atoms. The lowest BCUT2D eigenvalue weighted by molar-refractivity contribution is -0.143. The number of aryl methyl sites for hydroxylation is 1. The van der Waals surface area contributed by atoms with Crippen LogP contribution < -0.4 is 10.6 Å². The van der Waals surface area contributed by atoms with Gasteiger partial charge in [0.2, 0.25) is 5.91 Å². The first kappa shape index (κ1) is 16.2. The lowest BCUT2D eigenvalue weighted by atomic mass is 10.2. The summed E-state index contributed by atoms with van der Waals surface area (Å²) in [5.74, 6) is -0.385. The molecular weight excluding hydrogens is 256 g/mol. The van der Waals surface area contributed by atoms with Crippen molar-refractivity contribution in [3.8, 4) is 0 Å². The van der Waals surface area contributed by atoms with Crippen LogP contribution in [0.15, 0.2) is 24.3 Å². The van der Waals surface area contributed by atoms with E-state index in [0.29, 0.717) is 13.2 Å². The number of esters is 1. The number of anilines is 1. The largest absolute Gasteiger partial charge is 0.466 e. The van der Waals surface area contributed by atoms with Crippen LogP contribution >= 0.6 is 0 Å². The number of ether oxygens (including phenoxy) is 1. The number of amides is 1.